The van der Waals surface area contributed by atoms with E-state index in [1.54, 1.807) is 14.2 Å². The van der Waals surface area contributed by atoms with Crippen molar-refractivity contribution in [3.8, 4) is 0 Å². The van der Waals surface area contributed by atoms with Gasteiger partial charge >= 0.3 is 59.1 Å². The molecule has 0 unspecified atom stereocenters. The van der Waals surface area contributed by atoms with Crippen LogP contribution in [0.25, 0.3) is 0 Å². The first-order valence-corrected chi connectivity index (χ1v) is 0.816. The van der Waals surface area contributed by atoms with E-state index in [-0.39, 0.29) is 59.1 Å². The molecule has 0 aromatic heterocycles. The molecule has 0 saturated heterocycles. The standard InChI is InChI=1S/C2H6O.2Na.2H/c1-3-2;;;;/h1-2H3;;;;. The van der Waals surface area contributed by atoms with Gasteiger partial charge in [-0.05, 0) is 0 Å². The van der Waals surface area contributed by atoms with Crippen LogP contribution in [0.3, 0.4) is 0 Å². The zero-order chi connectivity index (χ0) is 2.71. The molecule has 3 heteroatoms. The zero-order valence-corrected chi connectivity index (χ0v) is 2.41. The first kappa shape index (κ1) is 15.8. The predicted molar refractivity (Wildman–Crippen MR) is 27.2 cm³/mol. The topological polar surface area (TPSA) is 9.23 Å². The van der Waals surface area contributed by atoms with Crippen molar-refractivity contribution in [1.29, 1.82) is 0 Å². The molecule has 0 bridgehead atoms. The van der Waals surface area contributed by atoms with Gasteiger partial charge in [-0.2, -0.15) is 0 Å². The maximum atomic E-state index is 4.25. The summed E-state index contributed by atoms with van der Waals surface area (Å²) in [6.45, 7) is 0. The summed E-state index contributed by atoms with van der Waals surface area (Å²) >= 11 is 0. The molecule has 0 saturated carbocycles. The van der Waals surface area contributed by atoms with Gasteiger partial charge in [0, 0.05) is 14.2 Å². The number of ether oxygens (including phenoxy) is 1. The molecule has 0 aromatic rings. The SMILES string of the molecule is COC.[NaH].[NaH]. The van der Waals surface area contributed by atoms with E-state index in [0.29, 0.717) is 0 Å². The van der Waals surface area contributed by atoms with E-state index in [0.717, 1.165) is 0 Å². The van der Waals surface area contributed by atoms with Gasteiger partial charge in [-0.15, -0.1) is 0 Å². The second-order valence-electron chi connectivity index (χ2n) is 0.408. The van der Waals surface area contributed by atoms with Gasteiger partial charge in [-0.25, -0.2) is 0 Å². The van der Waals surface area contributed by atoms with Crippen molar-refractivity contribution < 1.29 is 4.74 Å². The summed E-state index contributed by atoms with van der Waals surface area (Å²) in [7, 11) is 3.25. The Bertz CT molecular complexity index is 7.61. The van der Waals surface area contributed by atoms with Crippen molar-refractivity contribution in [3.63, 3.8) is 0 Å². The Balaban J connectivity index is -0.0000000200. The molecular formula is C2H8Na2O. The van der Waals surface area contributed by atoms with Crippen LogP contribution < -0.4 is 0 Å². The Morgan fingerprint density at radius 1 is 1.00 bits per heavy atom. The van der Waals surface area contributed by atoms with E-state index < -0.39 is 0 Å². The van der Waals surface area contributed by atoms with E-state index in [1.165, 1.54) is 0 Å². The summed E-state index contributed by atoms with van der Waals surface area (Å²) in [6.07, 6.45) is 0. The molecule has 0 amide bonds. The molecule has 24 valence electrons. The molecule has 0 aliphatic rings. The maximum absolute atomic E-state index is 4.25. The Morgan fingerprint density at radius 3 is 1.00 bits per heavy atom. The molecule has 0 rings (SSSR count). The van der Waals surface area contributed by atoms with Crippen LogP contribution in [-0.2, 0) is 4.74 Å². The van der Waals surface area contributed by atoms with E-state index in [9.17, 15) is 0 Å². The van der Waals surface area contributed by atoms with Crippen molar-refractivity contribution in [2.75, 3.05) is 14.2 Å². The predicted octanol–water partition coefficient (Wildman–Crippen LogP) is -1.03. The third kappa shape index (κ3) is 24.3. The van der Waals surface area contributed by atoms with Gasteiger partial charge in [0.1, 0.15) is 0 Å². The molecule has 1 nitrogen and oxygen atoms in total. The van der Waals surface area contributed by atoms with Crippen LogP contribution in [0.2, 0.25) is 0 Å². The average Bonchev–Trinajstić information content (AvgIpc) is 0.918. The minimum absolute atomic E-state index is 0. The quantitative estimate of drug-likeness (QED) is 0.348. The van der Waals surface area contributed by atoms with Crippen LogP contribution in [0.5, 0.6) is 0 Å². The van der Waals surface area contributed by atoms with Gasteiger partial charge in [0.15, 0.2) is 0 Å². The molecular weight excluding hydrogens is 86.0 g/mol. The van der Waals surface area contributed by atoms with Crippen molar-refractivity contribution in [1.82, 2.24) is 0 Å². The molecule has 0 fully saturated rings. The zero-order valence-electron chi connectivity index (χ0n) is 2.41. The molecule has 0 heterocycles. The molecule has 0 spiro atoms. The summed E-state index contributed by atoms with van der Waals surface area (Å²) in [5, 5.41) is 0. The van der Waals surface area contributed by atoms with Gasteiger partial charge in [0.25, 0.3) is 0 Å². The van der Waals surface area contributed by atoms with E-state index >= 15 is 0 Å². The molecule has 5 heavy (non-hydrogen) atoms. The summed E-state index contributed by atoms with van der Waals surface area (Å²) in [5.41, 5.74) is 0. The molecule has 0 aliphatic carbocycles. The average molecular weight is 94.1 g/mol. The van der Waals surface area contributed by atoms with Gasteiger partial charge in [0.05, 0.1) is 0 Å². The van der Waals surface area contributed by atoms with Crippen molar-refractivity contribution in [3.05, 3.63) is 0 Å². The van der Waals surface area contributed by atoms with Crippen molar-refractivity contribution in [2.45, 2.75) is 0 Å². The van der Waals surface area contributed by atoms with Gasteiger partial charge < -0.3 is 4.74 Å². The Labute approximate surface area is 77.0 Å². The van der Waals surface area contributed by atoms with Crippen LogP contribution in [0.4, 0.5) is 0 Å². The number of methoxy groups -OCH3 is 1. The van der Waals surface area contributed by atoms with E-state index in [2.05, 4.69) is 4.74 Å². The fourth-order valence-electron chi connectivity index (χ4n) is 0. The summed E-state index contributed by atoms with van der Waals surface area (Å²) in [4.78, 5) is 0. The normalized spacial score (nSPS) is 3.60. The van der Waals surface area contributed by atoms with E-state index in [1.807, 2.05) is 0 Å². The van der Waals surface area contributed by atoms with Crippen LogP contribution in [0.15, 0.2) is 0 Å². The number of hydrogen-bond donors (Lipinski definition) is 0. The minimum atomic E-state index is 0. The first-order chi connectivity index (χ1) is 1.41. The molecule has 0 aliphatic heterocycles. The second-order valence-corrected chi connectivity index (χ2v) is 0.408. The summed E-state index contributed by atoms with van der Waals surface area (Å²) < 4.78 is 4.25. The van der Waals surface area contributed by atoms with Crippen LogP contribution in [-0.4, -0.2) is 73.3 Å². The van der Waals surface area contributed by atoms with Gasteiger partial charge in [0.2, 0.25) is 0 Å². The van der Waals surface area contributed by atoms with Crippen LogP contribution >= 0.6 is 0 Å². The first-order valence-electron chi connectivity index (χ1n) is 0.816. The third-order valence-electron chi connectivity index (χ3n) is 0. The Hall–Kier alpha value is 1.96. The number of rotatable bonds is 0. The Morgan fingerprint density at radius 2 is 1.00 bits per heavy atom. The molecule has 0 N–H and O–H groups in total. The molecule has 0 radical (unpaired) electrons. The third-order valence-corrected chi connectivity index (χ3v) is 0. The fraction of sp³-hybridized carbons (Fsp3) is 1.00. The van der Waals surface area contributed by atoms with Crippen molar-refractivity contribution in [2.24, 2.45) is 0 Å². The van der Waals surface area contributed by atoms with E-state index in [4.69, 9.17) is 0 Å². The van der Waals surface area contributed by atoms with Crippen LogP contribution in [0.1, 0.15) is 0 Å². The summed E-state index contributed by atoms with van der Waals surface area (Å²) in [5.74, 6) is 0. The van der Waals surface area contributed by atoms with Gasteiger partial charge in [-0.3, -0.25) is 0 Å². The Kier molecular flexibility index (Phi) is 52.8. The molecule has 0 atom stereocenters. The number of hydrogen-bond acceptors (Lipinski definition) is 1. The second kappa shape index (κ2) is 16.7. The summed E-state index contributed by atoms with van der Waals surface area (Å²) in [6, 6.07) is 0. The monoisotopic (exact) mass is 94.0 g/mol. The van der Waals surface area contributed by atoms with Crippen molar-refractivity contribution >= 4 is 59.1 Å². The molecule has 0 aromatic carbocycles. The van der Waals surface area contributed by atoms with Crippen LogP contribution in [0, 0.1) is 0 Å². The van der Waals surface area contributed by atoms with Gasteiger partial charge in [-0.1, -0.05) is 0 Å². The fourth-order valence-corrected chi connectivity index (χ4v) is 0.